The van der Waals surface area contributed by atoms with E-state index in [1.165, 1.54) is 12.8 Å². The molecule has 0 aromatic rings. The van der Waals surface area contributed by atoms with Crippen LogP contribution < -0.4 is 5.32 Å². The van der Waals surface area contributed by atoms with Gasteiger partial charge in [0.25, 0.3) is 0 Å². The molecular formula is C14H33NO3Si. The van der Waals surface area contributed by atoms with Crippen molar-refractivity contribution < 1.29 is 13.3 Å². The minimum atomic E-state index is -2.40. The van der Waals surface area contributed by atoms with Gasteiger partial charge < -0.3 is 18.6 Å². The Bertz CT molecular complexity index is 177. The summed E-state index contributed by atoms with van der Waals surface area (Å²) >= 11 is 0. The van der Waals surface area contributed by atoms with Crippen LogP contribution in [0.5, 0.6) is 0 Å². The first-order chi connectivity index (χ1) is 9.24. The van der Waals surface area contributed by atoms with E-state index in [9.17, 15) is 0 Å². The molecule has 0 radical (unpaired) electrons. The van der Waals surface area contributed by atoms with Crippen LogP contribution in [0.4, 0.5) is 0 Å². The lowest BCUT2D eigenvalue weighted by Crippen LogP contribution is -2.46. The highest BCUT2D eigenvalue weighted by Gasteiger charge is 2.39. The predicted molar refractivity (Wildman–Crippen MR) is 82.5 cm³/mol. The van der Waals surface area contributed by atoms with Crippen LogP contribution >= 0.6 is 0 Å². The summed E-state index contributed by atoms with van der Waals surface area (Å²) in [5.41, 5.74) is 0. The Morgan fingerprint density at radius 3 is 1.74 bits per heavy atom. The third kappa shape index (κ3) is 9.57. The second-order valence-corrected chi connectivity index (χ2v) is 7.27. The molecule has 0 heterocycles. The van der Waals surface area contributed by atoms with Crippen LogP contribution in [-0.4, -0.2) is 41.7 Å². The smallest absolute Gasteiger partial charge is 0.374 e. The lowest BCUT2D eigenvalue weighted by Gasteiger charge is -2.28. The molecule has 1 N–H and O–H groups in total. The van der Waals surface area contributed by atoms with E-state index in [1.807, 2.05) is 20.8 Å². The Morgan fingerprint density at radius 2 is 1.26 bits per heavy atom. The monoisotopic (exact) mass is 291 g/mol. The van der Waals surface area contributed by atoms with E-state index >= 15 is 0 Å². The molecule has 19 heavy (non-hydrogen) atoms. The SMILES string of the molecule is CCCCNCCCC[Si](OCC)(OCC)OCC. The molecule has 116 valence electrons. The van der Waals surface area contributed by atoms with Gasteiger partial charge in [0.05, 0.1) is 0 Å². The average molecular weight is 292 g/mol. The number of unbranched alkanes of at least 4 members (excludes halogenated alkanes) is 2. The van der Waals surface area contributed by atoms with E-state index in [0.717, 1.165) is 32.0 Å². The summed E-state index contributed by atoms with van der Waals surface area (Å²) in [5, 5.41) is 3.46. The first-order valence-electron chi connectivity index (χ1n) is 7.87. The first-order valence-corrected chi connectivity index (χ1v) is 9.80. The molecule has 0 spiro atoms. The van der Waals surface area contributed by atoms with Gasteiger partial charge in [0.15, 0.2) is 0 Å². The zero-order valence-electron chi connectivity index (χ0n) is 13.3. The molecule has 0 saturated carbocycles. The van der Waals surface area contributed by atoms with Crippen LogP contribution in [0.2, 0.25) is 6.04 Å². The maximum Gasteiger partial charge on any atom is 0.500 e. The molecular weight excluding hydrogens is 258 g/mol. The quantitative estimate of drug-likeness (QED) is 0.394. The fourth-order valence-electron chi connectivity index (χ4n) is 2.02. The molecule has 0 aliphatic carbocycles. The minimum Gasteiger partial charge on any atom is -0.374 e. The Labute approximate surface area is 120 Å². The van der Waals surface area contributed by atoms with Crippen molar-refractivity contribution in [2.75, 3.05) is 32.9 Å². The van der Waals surface area contributed by atoms with E-state index < -0.39 is 8.80 Å². The maximum atomic E-state index is 5.83. The molecule has 0 saturated heterocycles. The van der Waals surface area contributed by atoms with Gasteiger partial charge in [-0.05, 0) is 53.1 Å². The molecule has 4 nitrogen and oxygen atoms in total. The van der Waals surface area contributed by atoms with Gasteiger partial charge in [0.1, 0.15) is 0 Å². The van der Waals surface area contributed by atoms with Crippen molar-refractivity contribution in [1.82, 2.24) is 5.32 Å². The van der Waals surface area contributed by atoms with Crippen molar-refractivity contribution in [3.05, 3.63) is 0 Å². The second-order valence-electron chi connectivity index (χ2n) is 4.54. The molecule has 0 aliphatic heterocycles. The Balaban J connectivity index is 3.89. The van der Waals surface area contributed by atoms with Crippen molar-refractivity contribution in [2.24, 2.45) is 0 Å². The van der Waals surface area contributed by atoms with E-state index in [-0.39, 0.29) is 0 Å². The molecule has 5 heteroatoms. The highest BCUT2D eigenvalue weighted by Crippen LogP contribution is 2.19. The van der Waals surface area contributed by atoms with Gasteiger partial charge >= 0.3 is 8.80 Å². The van der Waals surface area contributed by atoms with Crippen LogP contribution in [0.15, 0.2) is 0 Å². The summed E-state index contributed by atoms with van der Waals surface area (Å²) in [6.45, 7) is 12.4. The molecule has 0 aliphatic rings. The zero-order chi connectivity index (χ0) is 14.4. The van der Waals surface area contributed by atoms with Crippen molar-refractivity contribution in [3.8, 4) is 0 Å². The number of hydrogen-bond acceptors (Lipinski definition) is 4. The minimum absolute atomic E-state index is 0.668. The fourth-order valence-corrected chi connectivity index (χ4v) is 4.71. The molecule has 0 aromatic carbocycles. The van der Waals surface area contributed by atoms with Gasteiger partial charge in [-0.3, -0.25) is 0 Å². The van der Waals surface area contributed by atoms with Crippen LogP contribution in [0.1, 0.15) is 53.4 Å². The molecule has 0 atom stereocenters. The first kappa shape index (κ1) is 19.1. The number of hydrogen-bond donors (Lipinski definition) is 1. The number of nitrogens with one attached hydrogen (secondary N) is 1. The topological polar surface area (TPSA) is 39.7 Å². The van der Waals surface area contributed by atoms with Crippen LogP contribution in [0.25, 0.3) is 0 Å². The number of rotatable bonds is 14. The van der Waals surface area contributed by atoms with Crippen molar-refractivity contribution >= 4 is 8.80 Å². The summed E-state index contributed by atoms with van der Waals surface area (Å²) in [6, 6.07) is 0.929. The summed E-state index contributed by atoms with van der Waals surface area (Å²) in [7, 11) is -2.40. The van der Waals surface area contributed by atoms with Crippen LogP contribution in [0.3, 0.4) is 0 Å². The van der Waals surface area contributed by atoms with Gasteiger partial charge in [0, 0.05) is 25.9 Å². The lowest BCUT2D eigenvalue weighted by molar-refractivity contribution is 0.0707. The molecule has 0 unspecified atom stereocenters. The predicted octanol–water partition coefficient (Wildman–Crippen LogP) is 3.20. The van der Waals surface area contributed by atoms with Crippen molar-refractivity contribution in [2.45, 2.75) is 59.4 Å². The summed E-state index contributed by atoms with van der Waals surface area (Å²) in [4.78, 5) is 0. The largest absolute Gasteiger partial charge is 0.500 e. The molecule has 0 bridgehead atoms. The summed E-state index contributed by atoms with van der Waals surface area (Å²) < 4.78 is 17.5. The molecule has 0 aromatic heterocycles. The normalized spacial score (nSPS) is 12.0. The highest BCUT2D eigenvalue weighted by molar-refractivity contribution is 6.60. The highest BCUT2D eigenvalue weighted by atomic mass is 28.4. The van der Waals surface area contributed by atoms with Gasteiger partial charge in [-0.25, -0.2) is 0 Å². The van der Waals surface area contributed by atoms with Gasteiger partial charge in [0.2, 0.25) is 0 Å². The molecule has 0 amide bonds. The zero-order valence-corrected chi connectivity index (χ0v) is 14.3. The van der Waals surface area contributed by atoms with Crippen LogP contribution in [-0.2, 0) is 13.3 Å². The molecule has 0 fully saturated rings. The van der Waals surface area contributed by atoms with Crippen molar-refractivity contribution in [1.29, 1.82) is 0 Å². The fraction of sp³-hybridized carbons (Fsp3) is 1.00. The van der Waals surface area contributed by atoms with Gasteiger partial charge in [-0.2, -0.15) is 0 Å². The van der Waals surface area contributed by atoms with E-state index in [0.29, 0.717) is 19.8 Å². The van der Waals surface area contributed by atoms with Crippen molar-refractivity contribution in [3.63, 3.8) is 0 Å². The Hall–Kier alpha value is 0.0569. The maximum absolute atomic E-state index is 5.83. The lowest BCUT2D eigenvalue weighted by atomic mass is 10.3. The average Bonchev–Trinajstić information content (AvgIpc) is 2.39. The standard InChI is InChI=1S/C14H33NO3Si/c1-5-9-12-15-13-10-11-14-19(16-6-2,17-7-3)18-8-4/h15H,5-14H2,1-4H3. The second kappa shape index (κ2) is 13.1. The third-order valence-corrected chi connectivity index (χ3v) is 6.04. The summed E-state index contributed by atoms with van der Waals surface area (Å²) in [5.74, 6) is 0. The Morgan fingerprint density at radius 1 is 0.737 bits per heavy atom. The van der Waals surface area contributed by atoms with E-state index in [1.54, 1.807) is 0 Å². The van der Waals surface area contributed by atoms with E-state index in [4.69, 9.17) is 13.3 Å². The van der Waals surface area contributed by atoms with Gasteiger partial charge in [-0.1, -0.05) is 13.3 Å². The molecule has 0 rings (SSSR count). The van der Waals surface area contributed by atoms with Crippen LogP contribution in [0, 0.1) is 0 Å². The Kier molecular flexibility index (Phi) is 13.1. The third-order valence-electron chi connectivity index (χ3n) is 2.89. The summed E-state index contributed by atoms with van der Waals surface area (Å²) in [6.07, 6.45) is 4.77. The van der Waals surface area contributed by atoms with E-state index in [2.05, 4.69) is 12.2 Å². The van der Waals surface area contributed by atoms with Gasteiger partial charge in [-0.15, -0.1) is 0 Å².